The summed E-state index contributed by atoms with van der Waals surface area (Å²) in [5, 5.41) is 7.20. The van der Waals surface area contributed by atoms with Crippen LogP contribution in [0.2, 0.25) is 0 Å². The van der Waals surface area contributed by atoms with Gasteiger partial charge in [0.1, 0.15) is 5.56 Å². The molecule has 134 valence electrons. The molecule has 6 nitrogen and oxygen atoms in total. The number of hydrogen-bond acceptors (Lipinski definition) is 4. The van der Waals surface area contributed by atoms with Gasteiger partial charge >= 0.3 is 5.97 Å². The van der Waals surface area contributed by atoms with Crippen molar-refractivity contribution in [2.45, 2.75) is 46.7 Å². The molecule has 1 amide bonds. The second-order valence-electron chi connectivity index (χ2n) is 6.14. The van der Waals surface area contributed by atoms with Crippen LogP contribution in [0.3, 0.4) is 0 Å². The van der Waals surface area contributed by atoms with Crippen LogP contribution in [0.4, 0.5) is 0 Å². The Bertz CT molecular complexity index is 738. The SMILES string of the molecule is CC[C@H](C)NC(=O)COC(=O)c1c(C)nn(Cc2ccccc2)c1C. The maximum absolute atomic E-state index is 12.4. The first-order chi connectivity index (χ1) is 11.9. The molecule has 6 heteroatoms. The van der Waals surface area contributed by atoms with E-state index in [1.165, 1.54) is 0 Å². The zero-order chi connectivity index (χ0) is 18.4. The van der Waals surface area contributed by atoms with Crippen LogP contribution in [0.15, 0.2) is 30.3 Å². The molecule has 2 aromatic rings. The molecule has 0 saturated heterocycles. The summed E-state index contributed by atoms with van der Waals surface area (Å²) in [5.41, 5.74) is 2.85. The molecule has 1 N–H and O–H groups in total. The van der Waals surface area contributed by atoms with Crippen LogP contribution in [0.5, 0.6) is 0 Å². The van der Waals surface area contributed by atoms with E-state index in [1.807, 2.05) is 51.1 Å². The van der Waals surface area contributed by atoms with Gasteiger partial charge in [-0.1, -0.05) is 37.3 Å². The highest BCUT2D eigenvalue weighted by Gasteiger charge is 2.21. The van der Waals surface area contributed by atoms with Crippen molar-refractivity contribution in [1.29, 1.82) is 0 Å². The van der Waals surface area contributed by atoms with Crippen LogP contribution < -0.4 is 5.32 Å². The number of aryl methyl sites for hydroxylation is 1. The predicted octanol–water partition coefficient (Wildman–Crippen LogP) is 2.62. The predicted molar refractivity (Wildman–Crippen MR) is 95.4 cm³/mol. The van der Waals surface area contributed by atoms with Gasteiger partial charge in [0.15, 0.2) is 6.61 Å². The second-order valence-corrected chi connectivity index (χ2v) is 6.14. The lowest BCUT2D eigenvalue weighted by atomic mass is 10.2. The number of ether oxygens (including phenoxy) is 1. The summed E-state index contributed by atoms with van der Waals surface area (Å²) in [5.74, 6) is -0.816. The van der Waals surface area contributed by atoms with E-state index >= 15 is 0 Å². The van der Waals surface area contributed by atoms with Crippen LogP contribution in [0, 0.1) is 13.8 Å². The van der Waals surface area contributed by atoms with Gasteiger partial charge in [-0.15, -0.1) is 0 Å². The molecule has 0 spiro atoms. The van der Waals surface area contributed by atoms with Crippen molar-refractivity contribution in [3.05, 3.63) is 52.8 Å². The minimum atomic E-state index is -0.520. The molecule has 0 aliphatic carbocycles. The molecule has 1 aromatic carbocycles. The van der Waals surface area contributed by atoms with Gasteiger partial charge in [-0.2, -0.15) is 5.10 Å². The molecular weight excluding hydrogens is 318 g/mol. The highest BCUT2D eigenvalue weighted by atomic mass is 16.5. The quantitative estimate of drug-likeness (QED) is 0.784. The minimum absolute atomic E-state index is 0.0586. The third-order valence-electron chi connectivity index (χ3n) is 4.11. The van der Waals surface area contributed by atoms with E-state index in [9.17, 15) is 9.59 Å². The zero-order valence-corrected chi connectivity index (χ0v) is 15.2. The van der Waals surface area contributed by atoms with E-state index in [2.05, 4.69) is 10.4 Å². The number of esters is 1. The lowest BCUT2D eigenvalue weighted by Crippen LogP contribution is -2.35. The van der Waals surface area contributed by atoms with Crippen molar-refractivity contribution >= 4 is 11.9 Å². The number of hydrogen-bond donors (Lipinski definition) is 1. The van der Waals surface area contributed by atoms with Crippen molar-refractivity contribution in [3.63, 3.8) is 0 Å². The van der Waals surface area contributed by atoms with Gasteiger partial charge in [0.05, 0.1) is 17.9 Å². The zero-order valence-electron chi connectivity index (χ0n) is 15.2. The van der Waals surface area contributed by atoms with Crippen LogP contribution in [-0.2, 0) is 16.1 Å². The number of benzene rings is 1. The molecule has 0 fully saturated rings. The van der Waals surface area contributed by atoms with Gasteiger partial charge in [0.25, 0.3) is 5.91 Å². The number of nitrogens with one attached hydrogen (secondary N) is 1. The standard InChI is InChI=1S/C19H25N3O3/c1-5-13(2)20-17(23)12-25-19(24)18-14(3)21-22(15(18)4)11-16-9-7-6-8-10-16/h6-10,13H,5,11-12H2,1-4H3,(H,20,23)/t13-/m0/s1. The molecule has 0 aliphatic heterocycles. The largest absolute Gasteiger partial charge is 0.452 e. The summed E-state index contributed by atoms with van der Waals surface area (Å²) in [6.07, 6.45) is 0.824. The Labute approximate surface area is 148 Å². The fourth-order valence-electron chi connectivity index (χ4n) is 2.52. The van der Waals surface area contributed by atoms with Gasteiger partial charge in [-0.3, -0.25) is 9.48 Å². The second kappa shape index (κ2) is 8.46. The smallest absolute Gasteiger partial charge is 0.342 e. The number of amides is 1. The maximum atomic E-state index is 12.4. The first-order valence-electron chi connectivity index (χ1n) is 8.46. The molecular formula is C19H25N3O3. The maximum Gasteiger partial charge on any atom is 0.342 e. The van der Waals surface area contributed by atoms with Crippen LogP contribution in [0.25, 0.3) is 0 Å². The highest BCUT2D eigenvalue weighted by molar-refractivity contribution is 5.93. The average Bonchev–Trinajstić information content (AvgIpc) is 2.87. The first kappa shape index (κ1) is 18.7. The Morgan fingerprint density at radius 2 is 1.92 bits per heavy atom. The van der Waals surface area contributed by atoms with E-state index in [0.717, 1.165) is 17.7 Å². The molecule has 0 bridgehead atoms. The summed E-state index contributed by atoms with van der Waals surface area (Å²) < 4.78 is 6.93. The van der Waals surface area contributed by atoms with E-state index in [4.69, 9.17) is 4.74 Å². The van der Waals surface area contributed by atoms with E-state index in [-0.39, 0.29) is 18.6 Å². The third kappa shape index (κ3) is 4.92. The Balaban J connectivity index is 2.04. The van der Waals surface area contributed by atoms with Crippen molar-refractivity contribution in [3.8, 4) is 0 Å². The molecule has 1 aromatic heterocycles. The summed E-state index contributed by atoms with van der Waals surface area (Å²) in [7, 11) is 0. The Morgan fingerprint density at radius 1 is 1.24 bits per heavy atom. The molecule has 0 saturated carbocycles. The molecule has 25 heavy (non-hydrogen) atoms. The van der Waals surface area contributed by atoms with Crippen molar-refractivity contribution < 1.29 is 14.3 Å². The minimum Gasteiger partial charge on any atom is -0.452 e. The van der Waals surface area contributed by atoms with Gasteiger partial charge in [-0.05, 0) is 32.8 Å². The number of nitrogens with zero attached hydrogens (tertiary/aromatic N) is 2. The molecule has 1 heterocycles. The van der Waals surface area contributed by atoms with Crippen molar-refractivity contribution in [2.75, 3.05) is 6.61 Å². The van der Waals surface area contributed by atoms with Crippen LogP contribution in [0.1, 0.15) is 47.6 Å². The first-order valence-corrected chi connectivity index (χ1v) is 8.46. The summed E-state index contributed by atoms with van der Waals surface area (Å²) >= 11 is 0. The van der Waals surface area contributed by atoms with E-state index < -0.39 is 5.97 Å². The molecule has 2 rings (SSSR count). The molecule has 0 unspecified atom stereocenters. The molecule has 0 aliphatic rings. The third-order valence-corrected chi connectivity index (χ3v) is 4.11. The fourth-order valence-corrected chi connectivity index (χ4v) is 2.52. The van der Waals surface area contributed by atoms with Gasteiger partial charge in [0.2, 0.25) is 0 Å². The lowest BCUT2D eigenvalue weighted by molar-refractivity contribution is -0.124. The summed E-state index contributed by atoms with van der Waals surface area (Å²) in [4.78, 5) is 24.1. The highest BCUT2D eigenvalue weighted by Crippen LogP contribution is 2.16. The lowest BCUT2D eigenvalue weighted by Gasteiger charge is -2.11. The average molecular weight is 343 g/mol. The number of aromatic nitrogens is 2. The number of rotatable bonds is 7. The fraction of sp³-hybridized carbons (Fsp3) is 0.421. The van der Waals surface area contributed by atoms with Gasteiger partial charge in [0, 0.05) is 6.04 Å². The van der Waals surface area contributed by atoms with Gasteiger partial charge < -0.3 is 10.1 Å². The van der Waals surface area contributed by atoms with Crippen molar-refractivity contribution in [2.24, 2.45) is 0 Å². The van der Waals surface area contributed by atoms with Crippen LogP contribution in [-0.4, -0.2) is 34.3 Å². The number of carbonyl (C=O) groups excluding carboxylic acids is 2. The Kier molecular flexibility index (Phi) is 6.33. The van der Waals surface area contributed by atoms with E-state index in [1.54, 1.807) is 11.6 Å². The topological polar surface area (TPSA) is 73.2 Å². The van der Waals surface area contributed by atoms with Gasteiger partial charge in [-0.25, -0.2) is 4.79 Å². The molecule has 0 radical (unpaired) electrons. The normalized spacial score (nSPS) is 11.8. The Hall–Kier alpha value is -2.63. The summed E-state index contributed by atoms with van der Waals surface area (Å²) in [6, 6.07) is 9.96. The van der Waals surface area contributed by atoms with Crippen LogP contribution >= 0.6 is 0 Å². The summed E-state index contributed by atoms with van der Waals surface area (Å²) in [6.45, 7) is 7.77. The van der Waals surface area contributed by atoms with Crippen molar-refractivity contribution in [1.82, 2.24) is 15.1 Å². The number of carbonyl (C=O) groups is 2. The monoisotopic (exact) mass is 343 g/mol. The Morgan fingerprint density at radius 3 is 2.56 bits per heavy atom. The van der Waals surface area contributed by atoms with E-state index in [0.29, 0.717) is 17.8 Å². The molecule has 1 atom stereocenters.